The quantitative estimate of drug-likeness (QED) is 0.340. The monoisotopic (exact) mass is 415 g/mol. The minimum atomic E-state index is -0.736. The van der Waals surface area contributed by atoms with Crippen molar-refractivity contribution in [2.75, 3.05) is 18.5 Å². The number of fused-ring (bicyclic) bond motifs is 1. The first-order chi connectivity index (χ1) is 14.0. The number of thiazole rings is 1. The van der Waals surface area contributed by atoms with Gasteiger partial charge in [-0.2, -0.15) is 0 Å². The number of ether oxygens (including phenoxy) is 2. The summed E-state index contributed by atoms with van der Waals surface area (Å²) < 4.78 is 11.2. The number of aromatic nitrogens is 1. The summed E-state index contributed by atoms with van der Waals surface area (Å²) in [7, 11) is 0. The number of benzene rings is 2. The Morgan fingerprint density at radius 3 is 2.79 bits per heavy atom. The number of nitrogens with zero attached hydrogens (tertiary/aromatic N) is 2. The molecule has 1 heterocycles. The maximum Gasteiger partial charge on any atom is 0.311 e. The summed E-state index contributed by atoms with van der Waals surface area (Å²) in [5.41, 5.74) is 0.760. The van der Waals surface area contributed by atoms with Crippen molar-refractivity contribution in [1.82, 2.24) is 4.98 Å². The van der Waals surface area contributed by atoms with Crippen molar-refractivity contribution < 1.29 is 24.0 Å². The molecule has 29 heavy (non-hydrogen) atoms. The fraction of sp³-hybridized carbons (Fsp3) is 0.211. The van der Waals surface area contributed by atoms with Gasteiger partial charge in [0, 0.05) is 11.6 Å². The Kier molecular flexibility index (Phi) is 6.35. The third-order valence-corrected chi connectivity index (χ3v) is 4.74. The minimum Gasteiger partial charge on any atom is -0.494 e. The SMILES string of the molecule is CCOc1ccc2nc(NC(=O)COC(=O)Cc3ccccc3[N+](=O)[O-])sc2c1. The lowest BCUT2D eigenvalue weighted by Gasteiger charge is -2.05. The molecule has 0 saturated carbocycles. The number of nitrogens with one attached hydrogen (secondary N) is 1. The Balaban J connectivity index is 1.55. The smallest absolute Gasteiger partial charge is 0.311 e. The molecule has 1 amide bonds. The van der Waals surface area contributed by atoms with Gasteiger partial charge >= 0.3 is 5.97 Å². The molecule has 150 valence electrons. The van der Waals surface area contributed by atoms with Gasteiger partial charge in [-0.15, -0.1) is 0 Å². The van der Waals surface area contributed by atoms with Crippen LogP contribution in [0.1, 0.15) is 12.5 Å². The molecule has 0 spiro atoms. The van der Waals surface area contributed by atoms with Crippen molar-refractivity contribution >= 4 is 44.2 Å². The van der Waals surface area contributed by atoms with Gasteiger partial charge in [0.1, 0.15) is 5.75 Å². The van der Waals surface area contributed by atoms with Crippen molar-refractivity contribution in [2.45, 2.75) is 13.3 Å². The largest absolute Gasteiger partial charge is 0.494 e. The maximum absolute atomic E-state index is 12.0. The fourth-order valence-corrected chi connectivity index (χ4v) is 3.47. The van der Waals surface area contributed by atoms with E-state index >= 15 is 0 Å². The summed E-state index contributed by atoms with van der Waals surface area (Å²) in [6, 6.07) is 11.3. The first-order valence-electron chi connectivity index (χ1n) is 8.67. The second kappa shape index (κ2) is 9.11. The zero-order valence-corrected chi connectivity index (χ0v) is 16.2. The van der Waals surface area contributed by atoms with Crippen molar-refractivity contribution in [2.24, 2.45) is 0 Å². The molecule has 0 saturated heterocycles. The van der Waals surface area contributed by atoms with Gasteiger partial charge in [0.2, 0.25) is 0 Å². The van der Waals surface area contributed by atoms with E-state index in [2.05, 4.69) is 10.3 Å². The van der Waals surface area contributed by atoms with Crippen LogP contribution in [-0.4, -0.2) is 35.0 Å². The van der Waals surface area contributed by atoms with E-state index in [4.69, 9.17) is 9.47 Å². The third kappa shape index (κ3) is 5.26. The van der Waals surface area contributed by atoms with Crippen LogP contribution in [0.5, 0.6) is 5.75 Å². The Bertz CT molecular complexity index is 1070. The number of anilines is 1. The predicted molar refractivity (Wildman–Crippen MR) is 107 cm³/mol. The van der Waals surface area contributed by atoms with Crippen LogP contribution in [0.25, 0.3) is 10.2 Å². The van der Waals surface area contributed by atoms with E-state index in [0.29, 0.717) is 23.0 Å². The average Bonchev–Trinajstić information content (AvgIpc) is 3.08. The summed E-state index contributed by atoms with van der Waals surface area (Å²) in [6.45, 7) is 1.92. The van der Waals surface area contributed by atoms with Crippen molar-refractivity contribution in [3.05, 3.63) is 58.1 Å². The second-order valence-corrected chi connectivity index (χ2v) is 6.88. The van der Waals surface area contributed by atoms with Crippen molar-refractivity contribution in [3.8, 4) is 5.75 Å². The number of carbonyl (C=O) groups excluding carboxylic acids is 2. The minimum absolute atomic E-state index is 0.171. The van der Waals surface area contributed by atoms with Gasteiger partial charge in [0.15, 0.2) is 11.7 Å². The molecule has 0 radical (unpaired) electrons. The molecule has 2 aromatic carbocycles. The highest BCUT2D eigenvalue weighted by Gasteiger charge is 2.17. The van der Waals surface area contributed by atoms with Crippen molar-refractivity contribution in [1.29, 1.82) is 0 Å². The predicted octanol–water partition coefficient (Wildman–Crippen LogP) is 3.33. The molecule has 0 unspecified atom stereocenters. The van der Waals surface area contributed by atoms with E-state index in [1.165, 1.54) is 29.5 Å². The third-order valence-electron chi connectivity index (χ3n) is 3.80. The number of rotatable bonds is 8. The molecule has 9 nitrogen and oxygen atoms in total. The summed E-state index contributed by atoms with van der Waals surface area (Å²) in [6.07, 6.45) is -0.300. The Morgan fingerprint density at radius 1 is 1.24 bits per heavy atom. The van der Waals surface area contributed by atoms with E-state index in [1.54, 1.807) is 18.2 Å². The van der Waals surface area contributed by atoms with Gasteiger partial charge in [0.25, 0.3) is 11.6 Å². The molecule has 0 aliphatic heterocycles. The molecule has 0 aliphatic rings. The van der Waals surface area contributed by atoms with Crippen LogP contribution < -0.4 is 10.1 Å². The van der Waals surface area contributed by atoms with Gasteiger partial charge < -0.3 is 9.47 Å². The van der Waals surface area contributed by atoms with E-state index in [9.17, 15) is 19.7 Å². The van der Waals surface area contributed by atoms with E-state index in [1.807, 2.05) is 13.0 Å². The molecule has 1 aromatic heterocycles. The number of hydrogen-bond donors (Lipinski definition) is 1. The molecular formula is C19H17N3O6S. The molecule has 0 aliphatic carbocycles. The van der Waals surface area contributed by atoms with E-state index < -0.39 is 23.4 Å². The summed E-state index contributed by atoms with van der Waals surface area (Å²) in [5.74, 6) is -0.574. The van der Waals surface area contributed by atoms with Crippen LogP contribution in [0.4, 0.5) is 10.8 Å². The summed E-state index contributed by atoms with van der Waals surface area (Å²) in [5, 5.41) is 13.9. The first-order valence-corrected chi connectivity index (χ1v) is 9.49. The number of para-hydroxylation sites is 1. The van der Waals surface area contributed by atoms with Gasteiger partial charge in [-0.1, -0.05) is 29.5 Å². The molecule has 0 bridgehead atoms. The Labute approximate surface area is 169 Å². The molecular weight excluding hydrogens is 398 g/mol. The van der Waals surface area contributed by atoms with Crippen LogP contribution in [0, 0.1) is 10.1 Å². The van der Waals surface area contributed by atoms with Crippen LogP contribution in [0.15, 0.2) is 42.5 Å². The first kappa shape index (κ1) is 20.2. The molecule has 3 aromatic rings. The lowest BCUT2D eigenvalue weighted by atomic mass is 10.1. The topological polar surface area (TPSA) is 121 Å². The van der Waals surface area contributed by atoms with E-state index in [-0.39, 0.29) is 17.7 Å². The molecule has 0 atom stereocenters. The van der Waals surface area contributed by atoms with Gasteiger partial charge in [-0.05, 0) is 25.1 Å². The molecule has 0 fully saturated rings. The highest BCUT2D eigenvalue weighted by atomic mass is 32.1. The van der Waals surface area contributed by atoms with Gasteiger partial charge in [0.05, 0.1) is 28.2 Å². The number of nitro groups is 1. The van der Waals surface area contributed by atoms with Crippen LogP contribution in [0.2, 0.25) is 0 Å². The van der Waals surface area contributed by atoms with E-state index in [0.717, 1.165) is 4.70 Å². The Morgan fingerprint density at radius 2 is 2.03 bits per heavy atom. The lowest BCUT2D eigenvalue weighted by Crippen LogP contribution is -2.21. The highest BCUT2D eigenvalue weighted by Crippen LogP contribution is 2.29. The summed E-state index contributed by atoms with van der Waals surface area (Å²) >= 11 is 1.27. The number of carbonyl (C=O) groups is 2. The number of nitro benzene ring substituents is 1. The zero-order chi connectivity index (χ0) is 20.8. The summed E-state index contributed by atoms with van der Waals surface area (Å²) in [4.78, 5) is 38.7. The van der Waals surface area contributed by atoms with Crippen LogP contribution >= 0.6 is 11.3 Å². The standard InChI is InChI=1S/C19H17N3O6S/c1-2-27-13-7-8-14-16(10-13)29-19(20-14)21-17(23)11-28-18(24)9-12-5-3-4-6-15(12)22(25)26/h3-8,10H,2,9,11H2,1H3,(H,20,21,23). The molecule has 3 rings (SSSR count). The number of hydrogen-bond acceptors (Lipinski definition) is 8. The van der Waals surface area contributed by atoms with Crippen LogP contribution in [-0.2, 0) is 20.7 Å². The van der Waals surface area contributed by atoms with Crippen molar-refractivity contribution in [3.63, 3.8) is 0 Å². The van der Waals surface area contributed by atoms with Gasteiger partial charge in [-0.25, -0.2) is 4.98 Å². The maximum atomic E-state index is 12.0. The second-order valence-electron chi connectivity index (χ2n) is 5.85. The number of amides is 1. The average molecular weight is 415 g/mol. The number of esters is 1. The molecule has 1 N–H and O–H groups in total. The Hall–Kier alpha value is -3.53. The highest BCUT2D eigenvalue weighted by molar-refractivity contribution is 7.22. The lowest BCUT2D eigenvalue weighted by molar-refractivity contribution is -0.385. The fourth-order valence-electron chi connectivity index (χ4n) is 2.56. The molecule has 10 heteroatoms. The van der Waals surface area contributed by atoms with Crippen LogP contribution in [0.3, 0.4) is 0 Å². The normalized spacial score (nSPS) is 10.5. The zero-order valence-electron chi connectivity index (χ0n) is 15.4. The van der Waals surface area contributed by atoms with Gasteiger partial charge in [-0.3, -0.25) is 25.0 Å².